The van der Waals surface area contributed by atoms with Gasteiger partial charge in [-0.2, -0.15) is 0 Å². The first-order valence-electron chi connectivity index (χ1n) is 6.44. The van der Waals surface area contributed by atoms with E-state index in [1.165, 1.54) is 0 Å². The number of H-pyrrole nitrogens is 1. The number of imidazole rings is 1. The third-order valence-electron chi connectivity index (χ3n) is 3.51. The maximum absolute atomic E-state index is 11.0. The number of carbonyl (C=O) groups is 1. The molecule has 1 unspecified atom stereocenters. The Morgan fingerprint density at radius 2 is 1.84 bits per heavy atom. The molecule has 0 aliphatic carbocycles. The van der Waals surface area contributed by atoms with Crippen LogP contribution >= 0.6 is 0 Å². The summed E-state index contributed by atoms with van der Waals surface area (Å²) in [6.45, 7) is 6.51. The number of carbonyl (C=O) groups excluding carboxylic acids is 1. The molecule has 19 heavy (non-hydrogen) atoms. The quantitative estimate of drug-likeness (QED) is 0.884. The van der Waals surface area contributed by atoms with Gasteiger partial charge in [-0.1, -0.05) is 32.9 Å². The summed E-state index contributed by atoms with van der Waals surface area (Å²) in [6.07, 6.45) is 1.83. The van der Waals surface area contributed by atoms with Crippen LogP contribution in [0.3, 0.4) is 0 Å². The molecule has 4 nitrogen and oxygen atoms in total. The van der Waals surface area contributed by atoms with Gasteiger partial charge in [0.25, 0.3) is 0 Å². The predicted molar refractivity (Wildman–Crippen MR) is 75.8 cm³/mol. The zero-order valence-corrected chi connectivity index (χ0v) is 11.5. The fourth-order valence-corrected chi connectivity index (χ4v) is 1.84. The van der Waals surface area contributed by atoms with Crippen LogP contribution < -0.4 is 5.73 Å². The molecule has 1 aromatic carbocycles. The highest BCUT2D eigenvalue weighted by Gasteiger charge is 2.14. The van der Waals surface area contributed by atoms with Crippen molar-refractivity contribution in [1.82, 2.24) is 9.97 Å². The molecule has 0 fully saturated rings. The molecule has 2 aromatic rings. The van der Waals surface area contributed by atoms with Crippen molar-refractivity contribution >= 4 is 5.91 Å². The Bertz CT molecular complexity index is 569. The van der Waals surface area contributed by atoms with Crippen molar-refractivity contribution in [2.24, 2.45) is 11.7 Å². The van der Waals surface area contributed by atoms with Crippen LogP contribution in [0.2, 0.25) is 0 Å². The summed E-state index contributed by atoms with van der Waals surface area (Å²) in [4.78, 5) is 18.8. The molecule has 1 aromatic heterocycles. The van der Waals surface area contributed by atoms with Crippen LogP contribution in [0.15, 0.2) is 30.5 Å². The van der Waals surface area contributed by atoms with Crippen molar-refractivity contribution < 1.29 is 4.79 Å². The van der Waals surface area contributed by atoms with E-state index in [9.17, 15) is 4.79 Å². The molecule has 0 radical (unpaired) electrons. The molecule has 100 valence electrons. The molecule has 0 bridgehead atoms. The minimum Gasteiger partial charge on any atom is -0.366 e. The molecule has 0 spiro atoms. The summed E-state index contributed by atoms with van der Waals surface area (Å²) in [7, 11) is 0. The lowest BCUT2D eigenvalue weighted by Gasteiger charge is -2.11. The number of aromatic nitrogens is 2. The number of aromatic amines is 1. The van der Waals surface area contributed by atoms with Gasteiger partial charge in [-0.15, -0.1) is 0 Å². The molecule has 1 atom stereocenters. The summed E-state index contributed by atoms with van der Waals surface area (Å²) in [5.74, 6) is 1.50. The number of benzene rings is 1. The van der Waals surface area contributed by atoms with Crippen LogP contribution in [-0.2, 0) is 0 Å². The van der Waals surface area contributed by atoms with Gasteiger partial charge in [0, 0.05) is 11.5 Å². The highest BCUT2D eigenvalue weighted by atomic mass is 16.1. The van der Waals surface area contributed by atoms with Crippen LogP contribution in [0.5, 0.6) is 0 Å². The van der Waals surface area contributed by atoms with Crippen LogP contribution in [0.4, 0.5) is 0 Å². The van der Waals surface area contributed by atoms with E-state index in [0.29, 0.717) is 17.4 Å². The minimum atomic E-state index is -0.412. The number of nitrogens with zero attached hydrogens (tertiary/aromatic N) is 1. The van der Waals surface area contributed by atoms with Gasteiger partial charge in [0.05, 0.1) is 11.9 Å². The van der Waals surface area contributed by atoms with Crippen molar-refractivity contribution in [1.29, 1.82) is 0 Å². The summed E-state index contributed by atoms with van der Waals surface area (Å²) in [5.41, 5.74) is 7.69. The number of nitrogens with one attached hydrogen (secondary N) is 1. The lowest BCUT2D eigenvalue weighted by molar-refractivity contribution is 0.100. The number of nitrogens with two attached hydrogens (primary N) is 1. The van der Waals surface area contributed by atoms with Crippen LogP contribution in [-0.4, -0.2) is 15.9 Å². The molecule has 2 rings (SSSR count). The Hall–Kier alpha value is -2.10. The van der Waals surface area contributed by atoms with Gasteiger partial charge in [0.1, 0.15) is 5.82 Å². The average Bonchev–Trinajstić information content (AvgIpc) is 2.87. The zero-order valence-electron chi connectivity index (χ0n) is 11.5. The summed E-state index contributed by atoms with van der Waals surface area (Å²) in [6, 6.07) is 7.20. The van der Waals surface area contributed by atoms with E-state index in [4.69, 9.17) is 5.73 Å². The standard InChI is InChI=1S/C15H19N3O/c1-9(2)10(3)15-17-8-13(18-15)11-4-6-12(7-5-11)14(16)19/h4-10H,1-3H3,(H2,16,19)(H,17,18). The molecular formula is C15H19N3O. The van der Waals surface area contributed by atoms with Crippen LogP contribution in [0, 0.1) is 5.92 Å². The molecule has 3 N–H and O–H groups in total. The number of amides is 1. The maximum atomic E-state index is 11.0. The number of rotatable bonds is 4. The Morgan fingerprint density at radius 3 is 2.37 bits per heavy atom. The Morgan fingerprint density at radius 1 is 1.21 bits per heavy atom. The van der Waals surface area contributed by atoms with Crippen molar-refractivity contribution in [2.75, 3.05) is 0 Å². The molecule has 0 aliphatic rings. The van der Waals surface area contributed by atoms with Crippen molar-refractivity contribution in [2.45, 2.75) is 26.7 Å². The minimum absolute atomic E-state index is 0.388. The first-order valence-corrected chi connectivity index (χ1v) is 6.44. The topological polar surface area (TPSA) is 71.8 Å². The Kier molecular flexibility index (Phi) is 3.69. The first-order chi connectivity index (χ1) is 8.99. The highest BCUT2D eigenvalue weighted by molar-refractivity contribution is 5.93. The lowest BCUT2D eigenvalue weighted by atomic mass is 9.98. The monoisotopic (exact) mass is 257 g/mol. The van der Waals surface area contributed by atoms with E-state index in [-0.39, 0.29) is 0 Å². The van der Waals surface area contributed by atoms with Crippen LogP contribution in [0.25, 0.3) is 11.3 Å². The molecular weight excluding hydrogens is 238 g/mol. The smallest absolute Gasteiger partial charge is 0.248 e. The van der Waals surface area contributed by atoms with Gasteiger partial charge in [-0.3, -0.25) is 4.79 Å². The fourth-order valence-electron chi connectivity index (χ4n) is 1.84. The van der Waals surface area contributed by atoms with Gasteiger partial charge in [-0.05, 0) is 23.6 Å². The van der Waals surface area contributed by atoms with E-state index >= 15 is 0 Å². The van der Waals surface area contributed by atoms with E-state index in [1.54, 1.807) is 12.1 Å². The predicted octanol–water partition coefficient (Wildman–Crippen LogP) is 2.94. The summed E-state index contributed by atoms with van der Waals surface area (Å²) >= 11 is 0. The van der Waals surface area contributed by atoms with Gasteiger partial charge in [0.2, 0.25) is 5.91 Å². The van der Waals surface area contributed by atoms with Gasteiger partial charge < -0.3 is 10.7 Å². The zero-order chi connectivity index (χ0) is 14.0. The molecule has 0 aliphatic heterocycles. The summed E-state index contributed by atoms with van der Waals surface area (Å²) in [5, 5.41) is 0. The second-order valence-electron chi connectivity index (χ2n) is 5.16. The maximum Gasteiger partial charge on any atom is 0.248 e. The Labute approximate surface area is 113 Å². The fraction of sp³-hybridized carbons (Fsp3) is 0.333. The molecule has 0 saturated heterocycles. The van der Waals surface area contributed by atoms with Gasteiger partial charge in [0.15, 0.2) is 0 Å². The van der Waals surface area contributed by atoms with Crippen molar-refractivity contribution in [3.05, 3.63) is 41.9 Å². The van der Waals surface area contributed by atoms with Crippen molar-refractivity contribution in [3.63, 3.8) is 0 Å². The normalized spacial score (nSPS) is 12.6. The summed E-state index contributed by atoms with van der Waals surface area (Å²) < 4.78 is 0. The third-order valence-corrected chi connectivity index (χ3v) is 3.51. The number of hydrogen-bond acceptors (Lipinski definition) is 2. The highest BCUT2D eigenvalue weighted by Crippen LogP contribution is 2.24. The van der Waals surface area contributed by atoms with E-state index in [2.05, 4.69) is 30.7 Å². The number of hydrogen-bond donors (Lipinski definition) is 2. The first kappa shape index (κ1) is 13.3. The van der Waals surface area contributed by atoms with Gasteiger partial charge >= 0.3 is 0 Å². The van der Waals surface area contributed by atoms with E-state index < -0.39 is 5.91 Å². The second kappa shape index (κ2) is 5.26. The lowest BCUT2D eigenvalue weighted by Crippen LogP contribution is -2.10. The average molecular weight is 257 g/mol. The third kappa shape index (κ3) is 2.84. The molecule has 1 heterocycles. The van der Waals surface area contributed by atoms with Crippen molar-refractivity contribution in [3.8, 4) is 11.3 Å². The number of primary amides is 1. The largest absolute Gasteiger partial charge is 0.366 e. The Balaban J connectivity index is 2.25. The molecule has 1 amide bonds. The SMILES string of the molecule is CC(C)C(C)c1ncc(-c2ccc(C(N)=O)cc2)[nH]1. The second-order valence-corrected chi connectivity index (χ2v) is 5.16. The van der Waals surface area contributed by atoms with Crippen LogP contribution in [0.1, 0.15) is 42.9 Å². The molecule has 0 saturated carbocycles. The van der Waals surface area contributed by atoms with E-state index in [1.807, 2.05) is 18.3 Å². The van der Waals surface area contributed by atoms with Gasteiger partial charge in [-0.25, -0.2) is 4.98 Å². The van der Waals surface area contributed by atoms with E-state index in [0.717, 1.165) is 17.1 Å². The molecule has 4 heteroatoms.